The van der Waals surface area contributed by atoms with Crippen LogP contribution in [-0.2, 0) is 17.0 Å². The van der Waals surface area contributed by atoms with E-state index in [0.717, 1.165) is 38.7 Å². The Balaban J connectivity index is 1.92. The van der Waals surface area contributed by atoms with Crippen LogP contribution in [0.2, 0.25) is 0 Å². The molecule has 1 aromatic heterocycles. The van der Waals surface area contributed by atoms with E-state index in [1.807, 2.05) is 31.2 Å². The standard InChI is InChI=1S/C27H24F3N/c1-15-19-14-18(27(28,29)30)11-10-16(19)12-20-23(15)26(4,5)25(2,3)21-13-17-8-6-7-9-22(17)31-24(20)21/h6-14H,1-5H3. The monoisotopic (exact) mass is 419 g/mol. The molecule has 0 N–H and O–H groups in total. The quantitative estimate of drug-likeness (QED) is 0.282. The lowest BCUT2D eigenvalue weighted by Gasteiger charge is -2.48. The van der Waals surface area contributed by atoms with Gasteiger partial charge >= 0.3 is 6.18 Å². The fourth-order valence-corrected chi connectivity index (χ4v) is 5.19. The van der Waals surface area contributed by atoms with Crippen LogP contribution in [0.4, 0.5) is 13.2 Å². The number of aromatic nitrogens is 1. The maximum Gasteiger partial charge on any atom is 0.416 e. The number of hydrogen-bond donors (Lipinski definition) is 0. The lowest BCUT2D eigenvalue weighted by Crippen LogP contribution is -2.44. The molecule has 31 heavy (non-hydrogen) atoms. The third-order valence-corrected chi connectivity index (χ3v) is 7.57. The predicted octanol–water partition coefficient (Wildman–Crippen LogP) is 7.95. The SMILES string of the molecule is Cc1c2c(cc3ccc(C(F)(F)F)cc13)-c1nc3ccccc3cc1C(C)(C)C2(C)C. The van der Waals surface area contributed by atoms with Crippen molar-refractivity contribution in [2.24, 2.45) is 0 Å². The van der Waals surface area contributed by atoms with Crippen molar-refractivity contribution in [1.82, 2.24) is 4.98 Å². The summed E-state index contributed by atoms with van der Waals surface area (Å²) in [5.74, 6) is 0. The van der Waals surface area contributed by atoms with Gasteiger partial charge in [-0.15, -0.1) is 0 Å². The molecule has 0 fully saturated rings. The molecule has 1 nitrogen and oxygen atoms in total. The Morgan fingerprint density at radius 2 is 1.52 bits per heavy atom. The number of hydrogen-bond acceptors (Lipinski definition) is 1. The number of halogens is 3. The van der Waals surface area contributed by atoms with Gasteiger partial charge in [0.2, 0.25) is 0 Å². The largest absolute Gasteiger partial charge is 0.416 e. The molecular weight excluding hydrogens is 395 g/mol. The number of fused-ring (bicyclic) bond motifs is 5. The van der Waals surface area contributed by atoms with E-state index in [4.69, 9.17) is 4.98 Å². The first-order valence-corrected chi connectivity index (χ1v) is 10.5. The topological polar surface area (TPSA) is 12.9 Å². The van der Waals surface area contributed by atoms with Crippen LogP contribution in [0.3, 0.4) is 0 Å². The average molecular weight is 419 g/mol. The van der Waals surface area contributed by atoms with Gasteiger partial charge in [-0.2, -0.15) is 13.2 Å². The molecule has 4 aromatic rings. The second-order valence-electron chi connectivity index (χ2n) is 9.69. The minimum Gasteiger partial charge on any atom is -0.247 e. The number of rotatable bonds is 0. The van der Waals surface area contributed by atoms with Crippen molar-refractivity contribution >= 4 is 21.7 Å². The highest BCUT2D eigenvalue weighted by molar-refractivity contribution is 5.96. The van der Waals surface area contributed by atoms with Crippen LogP contribution in [0.1, 0.15) is 49.9 Å². The second kappa shape index (κ2) is 6.09. The molecule has 1 heterocycles. The van der Waals surface area contributed by atoms with Gasteiger partial charge in [0.1, 0.15) is 0 Å². The average Bonchev–Trinajstić information content (AvgIpc) is 2.70. The van der Waals surface area contributed by atoms with E-state index in [1.54, 1.807) is 6.07 Å². The summed E-state index contributed by atoms with van der Waals surface area (Å²) in [6.07, 6.45) is -4.36. The van der Waals surface area contributed by atoms with Gasteiger partial charge < -0.3 is 0 Å². The highest BCUT2D eigenvalue weighted by Crippen LogP contribution is 2.55. The third kappa shape index (κ3) is 2.67. The zero-order valence-electron chi connectivity index (χ0n) is 18.3. The fraction of sp³-hybridized carbons (Fsp3) is 0.296. The first-order valence-electron chi connectivity index (χ1n) is 10.5. The number of benzene rings is 3. The van der Waals surface area contributed by atoms with E-state index in [9.17, 15) is 13.2 Å². The lowest BCUT2D eigenvalue weighted by molar-refractivity contribution is -0.137. The number of para-hydroxylation sites is 1. The fourth-order valence-electron chi connectivity index (χ4n) is 5.19. The lowest BCUT2D eigenvalue weighted by atomic mass is 9.55. The number of alkyl halides is 3. The van der Waals surface area contributed by atoms with Crippen LogP contribution in [-0.4, -0.2) is 4.98 Å². The van der Waals surface area contributed by atoms with Crippen LogP contribution in [0.5, 0.6) is 0 Å². The molecule has 3 aromatic carbocycles. The minimum absolute atomic E-state index is 0.258. The molecule has 0 saturated carbocycles. The molecule has 0 saturated heterocycles. The van der Waals surface area contributed by atoms with Gasteiger partial charge in [0, 0.05) is 16.4 Å². The zero-order chi connectivity index (χ0) is 22.3. The van der Waals surface area contributed by atoms with Crippen LogP contribution in [0, 0.1) is 6.92 Å². The summed E-state index contributed by atoms with van der Waals surface area (Å²) < 4.78 is 40.2. The Bertz CT molecular complexity index is 1380. The van der Waals surface area contributed by atoms with Crippen molar-refractivity contribution in [3.8, 4) is 11.3 Å². The van der Waals surface area contributed by atoms with Gasteiger partial charge in [0.25, 0.3) is 0 Å². The number of nitrogens with zero attached hydrogens (tertiary/aromatic N) is 1. The third-order valence-electron chi connectivity index (χ3n) is 7.57. The normalized spacial score (nSPS) is 16.9. The summed E-state index contributed by atoms with van der Waals surface area (Å²) in [4.78, 5) is 5.04. The Morgan fingerprint density at radius 1 is 0.806 bits per heavy atom. The van der Waals surface area contributed by atoms with Crippen molar-refractivity contribution in [2.45, 2.75) is 51.6 Å². The van der Waals surface area contributed by atoms with E-state index < -0.39 is 11.7 Å². The van der Waals surface area contributed by atoms with E-state index in [0.29, 0.717) is 5.39 Å². The Hall–Kier alpha value is -2.88. The van der Waals surface area contributed by atoms with Gasteiger partial charge in [0.15, 0.2) is 0 Å². The zero-order valence-corrected chi connectivity index (χ0v) is 18.3. The van der Waals surface area contributed by atoms with Gasteiger partial charge in [-0.1, -0.05) is 52.0 Å². The van der Waals surface area contributed by atoms with Gasteiger partial charge in [-0.3, -0.25) is 0 Å². The second-order valence-corrected chi connectivity index (χ2v) is 9.69. The summed E-state index contributed by atoms with van der Waals surface area (Å²) >= 11 is 0. The summed E-state index contributed by atoms with van der Waals surface area (Å²) in [6.45, 7) is 10.8. The minimum atomic E-state index is -4.36. The molecule has 0 amide bonds. The van der Waals surface area contributed by atoms with Gasteiger partial charge in [-0.05, 0) is 70.1 Å². The van der Waals surface area contributed by atoms with Crippen molar-refractivity contribution in [1.29, 1.82) is 0 Å². The van der Waals surface area contributed by atoms with Crippen LogP contribution >= 0.6 is 0 Å². The van der Waals surface area contributed by atoms with E-state index in [-0.39, 0.29) is 10.8 Å². The number of pyridine rings is 1. The smallest absolute Gasteiger partial charge is 0.247 e. The molecule has 0 spiro atoms. The molecule has 1 aliphatic rings. The molecule has 0 unspecified atom stereocenters. The van der Waals surface area contributed by atoms with Crippen molar-refractivity contribution in [2.75, 3.05) is 0 Å². The van der Waals surface area contributed by atoms with Crippen LogP contribution < -0.4 is 0 Å². The highest BCUT2D eigenvalue weighted by Gasteiger charge is 2.47. The molecular formula is C27H24F3N. The van der Waals surface area contributed by atoms with Crippen molar-refractivity contribution in [3.05, 3.63) is 76.9 Å². The molecule has 158 valence electrons. The Labute approximate surface area is 179 Å². The first-order chi connectivity index (χ1) is 14.4. The van der Waals surface area contributed by atoms with E-state index in [2.05, 4.69) is 39.8 Å². The maximum atomic E-state index is 13.4. The molecule has 5 rings (SSSR count). The van der Waals surface area contributed by atoms with Gasteiger partial charge in [-0.25, -0.2) is 4.98 Å². The summed E-state index contributed by atoms with van der Waals surface area (Å²) in [5, 5.41) is 2.56. The van der Waals surface area contributed by atoms with Gasteiger partial charge in [0.05, 0.1) is 16.8 Å². The first kappa shape index (κ1) is 20.0. The predicted molar refractivity (Wildman–Crippen MR) is 120 cm³/mol. The summed E-state index contributed by atoms with van der Waals surface area (Å²) in [7, 11) is 0. The van der Waals surface area contributed by atoms with E-state index in [1.165, 1.54) is 17.7 Å². The molecule has 0 bridgehead atoms. The van der Waals surface area contributed by atoms with Crippen molar-refractivity contribution < 1.29 is 13.2 Å². The summed E-state index contributed by atoms with van der Waals surface area (Å²) in [6, 6.07) is 16.4. The molecule has 4 heteroatoms. The maximum absolute atomic E-state index is 13.4. The van der Waals surface area contributed by atoms with Crippen molar-refractivity contribution in [3.63, 3.8) is 0 Å². The van der Waals surface area contributed by atoms with E-state index >= 15 is 0 Å². The highest BCUT2D eigenvalue weighted by atomic mass is 19.4. The summed E-state index contributed by atoms with van der Waals surface area (Å²) in [5.41, 5.74) is 4.87. The Kier molecular flexibility index (Phi) is 3.94. The van der Waals surface area contributed by atoms with Crippen LogP contribution in [0.25, 0.3) is 32.9 Å². The molecule has 0 radical (unpaired) electrons. The molecule has 0 atom stereocenters. The molecule has 1 aliphatic carbocycles. The number of aryl methyl sites for hydroxylation is 1. The Morgan fingerprint density at radius 3 is 2.23 bits per heavy atom. The van der Waals surface area contributed by atoms with Crippen LogP contribution in [0.15, 0.2) is 54.6 Å². The molecule has 0 aliphatic heterocycles.